The molecule has 0 saturated heterocycles. The summed E-state index contributed by atoms with van der Waals surface area (Å²) in [5.41, 5.74) is 0. The van der Waals surface area contributed by atoms with Gasteiger partial charge >= 0.3 is 18.0 Å². The summed E-state index contributed by atoms with van der Waals surface area (Å²) >= 11 is 0. The molecular formula is C6H9NO6. The van der Waals surface area contributed by atoms with E-state index in [1.807, 2.05) is 0 Å². The van der Waals surface area contributed by atoms with Crippen molar-refractivity contribution in [3.8, 4) is 0 Å². The van der Waals surface area contributed by atoms with E-state index in [1.165, 1.54) is 0 Å². The van der Waals surface area contributed by atoms with Crippen LogP contribution in [0.2, 0.25) is 0 Å². The lowest BCUT2D eigenvalue weighted by Crippen LogP contribution is -2.43. The molecule has 7 heteroatoms. The quantitative estimate of drug-likeness (QED) is 0.505. The van der Waals surface area contributed by atoms with Gasteiger partial charge in [-0.25, -0.2) is 9.59 Å². The van der Waals surface area contributed by atoms with Gasteiger partial charge in [0.2, 0.25) is 0 Å². The van der Waals surface area contributed by atoms with Crippen molar-refractivity contribution in [1.29, 1.82) is 0 Å². The van der Waals surface area contributed by atoms with Crippen molar-refractivity contribution in [3.63, 3.8) is 0 Å². The minimum Gasteiger partial charge on any atom is -0.480 e. The van der Waals surface area contributed by atoms with Crippen LogP contribution in [0.1, 0.15) is 6.92 Å². The van der Waals surface area contributed by atoms with Crippen LogP contribution in [0.5, 0.6) is 0 Å². The molecule has 0 aromatic rings. The van der Waals surface area contributed by atoms with Gasteiger partial charge < -0.3 is 20.3 Å². The standard InChI is InChI=1S/C6H9NO6/c1-3(8)13-2-4(5(9)10)7-6(11)12/h4,7H,2H2,1H3,(H,9,10)(H,11,12)/t4-/m0/s1. The first kappa shape index (κ1) is 11.2. The van der Waals surface area contributed by atoms with Crippen LogP contribution in [-0.2, 0) is 14.3 Å². The summed E-state index contributed by atoms with van der Waals surface area (Å²) in [6, 6.07) is -1.43. The van der Waals surface area contributed by atoms with E-state index >= 15 is 0 Å². The van der Waals surface area contributed by atoms with E-state index < -0.39 is 30.7 Å². The number of nitrogens with one attached hydrogen (secondary N) is 1. The normalized spacial score (nSPS) is 11.5. The molecule has 0 aliphatic heterocycles. The third kappa shape index (κ3) is 5.48. The van der Waals surface area contributed by atoms with Gasteiger partial charge in [-0.1, -0.05) is 0 Å². The number of hydrogen-bond donors (Lipinski definition) is 3. The van der Waals surface area contributed by atoms with Gasteiger partial charge in [-0.2, -0.15) is 0 Å². The molecule has 0 rings (SSSR count). The number of aliphatic carboxylic acids is 1. The van der Waals surface area contributed by atoms with E-state index in [9.17, 15) is 14.4 Å². The SMILES string of the molecule is CC(=O)OC[C@H](NC(=O)O)C(=O)O. The van der Waals surface area contributed by atoms with Crippen LogP contribution in [-0.4, -0.2) is 40.9 Å². The van der Waals surface area contributed by atoms with Gasteiger partial charge in [-0.05, 0) is 0 Å². The summed E-state index contributed by atoms with van der Waals surface area (Å²) in [7, 11) is 0. The van der Waals surface area contributed by atoms with E-state index in [0.29, 0.717) is 0 Å². The summed E-state index contributed by atoms with van der Waals surface area (Å²) in [6.45, 7) is 0.580. The van der Waals surface area contributed by atoms with Crippen LogP contribution in [0.15, 0.2) is 0 Å². The van der Waals surface area contributed by atoms with Crippen LogP contribution in [0.3, 0.4) is 0 Å². The van der Waals surface area contributed by atoms with E-state index in [2.05, 4.69) is 4.74 Å². The van der Waals surface area contributed by atoms with Gasteiger partial charge in [-0.15, -0.1) is 0 Å². The predicted molar refractivity (Wildman–Crippen MR) is 39.2 cm³/mol. The lowest BCUT2D eigenvalue weighted by Gasteiger charge is -2.11. The van der Waals surface area contributed by atoms with Crippen LogP contribution >= 0.6 is 0 Å². The Morgan fingerprint density at radius 3 is 2.23 bits per heavy atom. The maximum atomic E-state index is 10.3. The topological polar surface area (TPSA) is 113 Å². The molecule has 7 nitrogen and oxygen atoms in total. The molecule has 0 heterocycles. The number of hydrogen-bond acceptors (Lipinski definition) is 4. The molecule has 0 radical (unpaired) electrons. The Labute approximate surface area is 73.3 Å². The molecule has 0 aromatic carbocycles. The highest BCUT2D eigenvalue weighted by molar-refractivity contribution is 5.79. The van der Waals surface area contributed by atoms with Crippen LogP contribution < -0.4 is 5.32 Å². The van der Waals surface area contributed by atoms with Crippen LogP contribution in [0.25, 0.3) is 0 Å². The first-order chi connectivity index (χ1) is 5.93. The van der Waals surface area contributed by atoms with Crippen molar-refractivity contribution in [3.05, 3.63) is 0 Å². The third-order valence-corrected chi connectivity index (χ3v) is 1.05. The fourth-order valence-corrected chi connectivity index (χ4v) is 0.524. The number of carbonyl (C=O) groups is 3. The molecule has 0 fully saturated rings. The molecule has 13 heavy (non-hydrogen) atoms. The Morgan fingerprint density at radius 2 is 1.92 bits per heavy atom. The zero-order chi connectivity index (χ0) is 10.4. The molecule has 1 atom stereocenters. The van der Waals surface area contributed by atoms with Gasteiger partial charge in [0.1, 0.15) is 6.61 Å². The summed E-state index contributed by atoms with van der Waals surface area (Å²) in [4.78, 5) is 30.6. The number of carboxylic acids is 1. The Hall–Kier alpha value is -1.79. The van der Waals surface area contributed by atoms with Gasteiger partial charge in [0, 0.05) is 6.92 Å². The molecule has 0 bridgehead atoms. The highest BCUT2D eigenvalue weighted by Crippen LogP contribution is 1.87. The molecule has 0 saturated carbocycles. The molecule has 0 aliphatic rings. The highest BCUT2D eigenvalue weighted by atomic mass is 16.5. The average molecular weight is 191 g/mol. The lowest BCUT2D eigenvalue weighted by atomic mass is 10.3. The van der Waals surface area contributed by atoms with E-state index in [4.69, 9.17) is 10.2 Å². The summed E-state index contributed by atoms with van der Waals surface area (Å²) in [6.07, 6.45) is -1.49. The van der Waals surface area contributed by atoms with Gasteiger partial charge in [0.05, 0.1) is 0 Å². The first-order valence-electron chi connectivity index (χ1n) is 3.29. The van der Waals surface area contributed by atoms with E-state index in [1.54, 1.807) is 5.32 Å². The minimum absolute atomic E-state index is 0.517. The molecule has 3 N–H and O–H groups in total. The smallest absolute Gasteiger partial charge is 0.405 e. The molecular weight excluding hydrogens is 182 g/mol. The van der Waals surface area contributed by atoms with E-state index in [-0.39, 0.29) is 0 Å². The van der Waals surface area contributed by atoms with Crippen LogP contribution in [0, 0.1) is 0 Å². The second kappa shape index (κ2) is 4.96. The van der Waals surface area contributed by atoms with Gasteiger partial charge in [0.25, 0.3) is 0 Å². The predicted octanol–water partition coefficient (Wildman–Crippen LogP) is -0.730. The fraction of sp³-hybridized carbons (Fsp3) is 0.500. The Balaban J connectivity index is 4.02. The Kier molecular flexibility index (Phi) is 4.28. The zero-order valence-electron chi connectivity index (χ0n) is 6.81. The molecule has 0 unspecified atom stereocenters. The largest absolute Gasteiger partial charge is 0.480 e. The second-order valence-electron chi connectivity index (χ2n) is 2.14. The summed E-state index contributed by atoms with van der Waals surface area (Å²) in [5.74, 6) is -2.07. The number of rotatable bonds is 4. The monoisotopic (exact) mass is 191 g/mol. The van der Waals surface area contributed by atoms with Crippen molar-refractivity contribution in [2.75, 3.05) is 6.61 Å². The van der Waals surface area contributed by atoms with Crippen molar-refractivity contribution >= 4 is 18.0 Å². The van der Waals surface area contributed by atoms with E-state index in [0.717, 1.165) is 6.92 Å². The first-order valence-corrected chi connectivity index (χ1v) is 3.29. The molecule has 0 aliphatic carbocycles. The maximum absolute atomic E-state index is 10.3. The minimum atomic E-state index is -1.49. The Morgan fingerprint density at radius 1 is 1.38 bits per heavy atom. The average Bonchev–Trinajstić information content (AvgIpc) is 1.96. The summed E-state index contributed by atoms with van der Waals surface area (Å²) < 4.78 is 4.32. The van der Waals surface area contributed by atoms with Crippen molar-refractivity contribution in [2.45, 2.75) is 13.0 Å². The number of amides is 1. The maximum Gasteiger partial charge on any atom is 0.405 e. The molecule has 0 aromatic heterocycles. The number of ether oxygens (including phenoxy) is 1. The van der Waals surface area contributed by atoms with Crippen molar-refractivity contribution < 1.29 is 29.3 Å². The summed E-state index contributed by atoms with van der Waals surface area (Å²) in [5, 5.41) is 18.3. The third-order valence-electron chi connectivity index (χ3n) is 1.05. The second-order valence-corrected chi connectivity index (χ2v) is 2.14. The van der Waals surface area contributed by atoms with Crippen molar-refractivity contribution in [2.24, 2.45) is 0 Å². The number of carboxylic acid groups (broad SMARTS) is 2. The van der Waals surface area contributed by atoms with Gasteiger partial charge in [0.15, 0.2) is 6.04 Å². The Bertz CT molecular complexity index is 225. The lowest BCUT2D eigenvalue weighted by molar-refractivity contribution is -0.146. The number of carbonyl (C=O) groups excluding carboxylic acids is 1. The van der Waals surface area contributed by atoms with Gasteiger partial charge in [-0.3, -0.25) is 4.79 Å². The highest BCUT2D eigenvalue weighted by Gasteiger charge is 2.20. The zero-order valence-corrected chi connectivity index (χ0v) is 6.81. The van der Waals surface area contributed by atoms with Crippen LogP contribution in [0.4, 0.5) is 4.79 Å². The molecule has 0 spiro atoms. The van der Waals surface area contributed by atoms with Crippen molar-refractivity contribution in [1.82, 2.24) is 5.32 Å². The fourth-order valence-electron chi connectivity index (χ4n) is 0.524. The molecule has 74 valence electrons. The molecule has 1 amide bonds. The number of esters is 1.